The molecular weight excluding hydrogens is 306 g/mol. The molecule has 1 aromatic heterocycles. The molecule has 7 nitrogen and oxygen atoms in total. The van der Waals surface area contributed by atoms with Crippen molar-refractivity contribution in [1.29, 1.82) is 0 Å². The second-order valence-electron chi connectivity index (χ2n) is 6.90. The van der Waals surface area contributed by atoms with E-state index in [1.165, 1.54) is 19.3 Å². The van der Waals surface area contributed by atoms with Crippen molar-refractivity contribution in [3.05, 3.63) is 11.7 Å². The molecule has 0 spiro atoms. The Labute approximate surface area is 144 Å². The van der Waals surface area contributed by atoms with Crippen LogP contribution in [0.5, 0.6) is 0 Å². The Balaban J connectivity index is 1.72. The van der Waals surface area contributed by atoms with Gasteiger partial charge in [0.25, 0.3) is 0 Å². The lowest BCUT2D eigenvalue weighted by molar-refractivity contribution is 0.0732. The maximum atomic E-state index is 5.25. The molecule has 1 fully saturated rings. The fourth-order valence-corrected chi connectivity index (χ4v) is 2.89. The molecular formula is C17H31N5O2. The zero-order valence-corrected chi connectivity index (χ0v) is 15.4. The summed E-state index contributed by atoms with van der Waals surface area (Å²) in [6.07, 6.45) is 5.64. The number of aliphatic imine (C=N–C) groups is 1. The maximum Gasteiger partial charge on any atom is 0.228 e. The van der Waals surface area contributed by atoms with Crippen molar-refractivity contribution in [2.75, 3.05) is 33.9 Å². The van der Waals surface area contributed by atoms with Crippen LogP contribution in [-0.2, 0) is 11.2 Å². The van der Waals surface area contributed by atoms with Crippen molar-refractivity contribution in [3.63, 3.8) is 0 Å². The van der Waals surface area contributed by atoms with Crippen LogP contribution < -0.4 is 10.6 Å². The minimum Gasteiger partial charge on any atom is -0.385 e. The molecule has 2 N–H and O–H groups in total. The molecule has 7 heteroatoms. The molecule has 0 radical (unpaired) electrons. The van der Waals surface area contributed by atoms with Crippen LogP contribution in [0.3, 0.4) is 0 Å². The fourth-order valence-electron chi connectivity index (χ4n) is 2.89. The molecule has 0 aliphatic heterocycles. The third kappa shape index (κ3) is 5.19. The van der Waals surface area contributed by atoms with E-state index in [2.05, 4.69) is 39.6 Å². The first-order chi connectivity index (χ1) is 11.6. The molecule has 0 atom stereocenters. The minimum absolute atomic E-state index is 0.288. The van der Waals surface area contributed by atoms with Crippen LogP contribution in [0, 0.1) is 5.41 Å². The smallest absolute Gasteiger partial charge is 0.228 e. The predicted molar refractivity (Wildman–Crippen MR) is 94.2 cm³/mol. The van der Waals surface area contributed by atoms with Gasteiger partial charge in [0.1, 0.15) is 0 Å². The van der Waals surface area contributed by atoms with Crippen molar-refractivity contribution in [2.45, 2.75) is 51.9 Å². The molecule has 0 amide bonds. The van der Waals surface area contributed by atoms with Crippen molar-refractivity contribution in [3.8, 4) is 0 Å². The number of nitrogens with one attached hydrogen (secondary N) is 2. The van der Waals surface area contributed by atoms with Gasteiger partial charge in [-0.2, -0.15) is 4.98 Å². The van der Waals surface area contributed by atoms with Crippen molar-refractivity contribution in [2.24, 2.45) is 10.4 Å². The number of hydrogen-bond donors (Lipinski definition) is 2. The fraction of sp³-hybridized carbons (Fsp3) is 0.824. The van der Waals surface area contributed by atoms with E-state index >= 15 is 0 Å². The Morgan fingerprint density at radius 3 is 2.71 bits per heavy atom. The summed E-state index contributed by atoms with van der Waals surface area (Å²) in [6, 6.07) is 0. The van der Waals surface area contributed by atoms with Gasteiger partial charge in [-0.05, 0) is 24.7 Å². The normalized spacial score (nSPS) is 17.0. The van der Waals surface area contributed by atoms with Gasteiger partial charge in [-0.25, -0.2) is 0 Å². The molecule has 0 aromatic carbocycles. The monoisotopic (exact) mass is 337 g/mol. The van der Waals surface area contributed by atoms with Gasteiger partial charge in [0.05, 0.1) is 0 Å². The minimum atomic E-state index is 0.288. The van der Waals surface area contributed by atoms with Crippen LogP contribution in [0.1, 0.15) is 57.2 Å². The highest BCUT2D eigenvalue weighted by Gasteiger charge is 2.36. The van der Waals surface area contributed by atoms with Gasteiger partial charge in [-0.1, -0.05) is 25.4 Å². The number of rotatable bonds is 9. The van der Waals surface area contributed by atoms with E-state index in [1.54, 1.807) is 14.2 Å². The molecule has 136 valence electrons. The van der Waals surface area contributed by atoms with E-state index < -0.39 is 0 Å². The summed E-state index contributed by atoms with van der Waals surface area (Å²) in [4.78, 5) is 8.67. The Hall–Kier alpha value is -1.63. The van der Waals surface area contributed by atoms with Gasteiger partial charge in [0, 0.05) is 46.2 Å². The number of aromatic nitrogens is 2. The largest absolute Gasteiger partial charge is 0.385 e. The van der Waals surface area contributed by atoms with Crippen molar-refractivity contribution in [1.82, 2.24) is 20.8 Å². The second-order valence-corrected chi connectivity index (χ2v) is 6.90. The van der Waals surface area contributed by atoms with E-state index in [0.29, 0.717) is 24.3 Å². The molecule has 0 unspecified atom stereocenters. The number of guanidine groups is 1. The van der Waals surface area contributed by atoms with Gasteiger partial charge in [0.2, 0.25) is 5.89 Å². The average Bonchev–Trinajstić information content (AvgIpc) is 3.01. The van der Waals surface area contributed by atoms with E-state index in [1.807, 2.05) is 0 Å². The van der Waals surface area contributed by atoms with Gasteiger partial charge in [-0.3, -0.25) is 4.99 Å². The lowest BCUT2D eigenvalue weighted by Gasteiger charge is -2.42. The quantitative estimate of drug-likeness (QED) is 0.530. The van der Waals surface area contributed by atoms with Gasteiger partial charge >= 0.3 is 0 Å². The summed E-state index contributed by atoms with van der Waals surface area (Å²) < 4.78 is 10.5. The summed E-state index contributed by atoms with van der Waals surface area (Å²) in [7, 11) is 3.56. The SMILES string of the molecule is CN=C(NCCc1nc(C(C)C)no1)NCC1(CCOC)CCC1. The summed E-state index contributed by atoms with van der Waals surface area (Å²) >= 11 is 0. The van der Waals surface area contributed by atoms with E-state index in [9.17, 15) is 0 Å². The third-order valence-electron chi connectivity index (χ3n) is 4.74. The van der Waals surface area contributed by atoms with E-state index in [4.69, 9.17) is 9.26 Å². The van der Waals surface area contributed by atoms with Crippen LogP contribution in [-0.4, -0.2) is 50.0 Å². The summed E-state index contributed by atoms with van der Waals surface area (Å²) in [5.41, 5.74) is 0.367. The first-order valence-corrected chi connectivity index (χ1v) is 8.84. The number of ether oxygens (including phenoxy) is 1. The first kappa shape index (κ1) is 18.7. The van der Waals surface area contributed by atoms with Crippen LogP contribution in [0.2, 0.25) is 0 Å². The van der Waals surface area contributed by atoms with Crippen LogP contribution in [0.25, 0.3) is 0 Å². The number of hydrogen-bond acceptors (Lipinski definition) is 5. The molecule has 1 aliphatic rings. The highest BCUT2D eigenvalue weighted by molar-refractivity contribution is 5.79. The van der Waals surface area contributed by atoms with Crippen molar-refractivity contribution < 1.29 is 9.26 Å². The maximum absolute atomic E-state index is 5.25. The molecule has 24 heavy (non-hydrogen) atoms. The zero-order chi connectivity index (χ0) is 17.4. The first-order valence-electron chi connectivity index (χ1n) is 8.84. The molecule has 0 bridgehead atoms. The predicted octanol–water partition coefficient (Wildman–Crippen LogP) is 2.11. The molecule has 1 heterocycles. The average molecular weight is 337 g/mol. The molecule has 1 aliphatic carbocycles. The lowest BCUT2D eigenvalue weighted by Crippen LogP contribution is -2.47. The number of methoxy groups -OCH3 is 1. The van der Waals surface area contributed by atoms with Gasteiger partial charge in [0.15, 0.2) is 11.8 Å². The highest BCUT2D eigenvalue weighted by atomic mass is 16.5. The van der Waals surface area contributed by atoms with E-state index in [0.717, 1.165) is 31.4 Å². The Morgan fingerprint density at radius 1 is 1.38 bits per heavy atom. The molecule has 2 rings (SSSR count). The van der Waals surface area contributed by atoms with Crippen molar-refractivity contribution >= 4 is 5.96 Å². The summed E-state index contributed by atoms with van der Waals surface area (Å²) in [6.45, 7) is 6.58. The zero-order valence-electron chi connectivity index (χ0n) is 15.4. The highest BCUT2D eigenvalue weighted by Crippen LogP contribution is 2.43. The van der Waals surface area contributed by atoms with Gasteiger partial charge < -0.3 is 19.9 Å². The summed E-state index contributed by atoms with van der Waals surface area (Å²) in [5.74, 6) is 2.53. The summed E-state index contributed by atoms with van der Waals surface area (Å²) in [5, 5.41) is 10.7. The molecule has 1 saturated carbocycles. The van der Waals surface area contributed by atoms with Gasteiger partial charge in [-0.15, -0.1) is 0 Å². The van der Waals surface area contributed by atoms with Crippen LogP contribution in [0.15, 0.2) is 9.52 Å². The van der Waals surface area contributed by atoms with Crippen LogP contribution >= 0.6 is 0 Å². The Bertz CT molecular complexity index is 523. The second kappa shape index (κ2) is 9.01. The van der Waals surface area contributed by atoms with E-state index in [-0.39, 0.29) is 5.92 Å². The molecule has 0 saturated heterocycles. The number of nitrogens with zero attached hydrogens (tertiary/aromatic N) is 3. The Morgan fingerprint density at radius 2 is 2.17 bits per heavy atom. The standard InChI is InChI=1S/C17H31N5O2/c1-13(2)15-21-14(24-22-15)6-10-19-16(18-3)20-12-17(7-5-8-17)9-11-23-4/h13H,5-12H2,1-4H3,(H2,18,19,20). The third-order valence-corrected chi connectivity index (χ3v) is 4.74. The Kier molecular flexibility index (Phi) is 7.02. The molecule has 1 aromatic rings. The topological polar surface area (TPSA) is 84.6 Å². The lowest BCUT2D eigenvalue weighted by atomic mass is 9.67. The van der Waals surface area contributed by atoms with Crippen LogP contribution in [0.4, 0.5) is 0 Å².